The summed E-state index contributed by atoms with van der Waals surface area (Å²) in [6, 6.07) is 15.2. The van der Waals surface area contributed by atoms with Crippen LogP contribution in [0.4, 0.5) is 0 Å². The minimum Gasteiger partial charge on any atom is -0.302 e. The van der Waals surface area contributed by atoms with Crippen molar-refractivity contribution in [3.05, 3.63) is 101 Å². The molecule has 1 aliphatic heterocycles. The molecule has 1 heterocycles. The summed E-state index contributed by atoms with van der Waals surface area (Å²) in [6.45, 7) is 16.0. The van der Waals surface area contributed by atoms with Gasteiger partial charge in [-0.25, -0.2) is 0 Å². The van der Waals surface area contributed by atoms with Gasteiger partial charge in [0, 0.05) is 12.1 Å². The van der Waals surface area contributed by atoms with Crippen molar-refractivity contribution in [3.63, 3.8) is 0 Å². The van der Waals surface area contributed by atoms with Gasteiger partial charge in [-0.2, -0.15) is 0 Å². The first-order valence-electron chi connectivity index (χ1n) is 13.7. The van der Waals surface area contributed by atoms with Crippen LogP contribution in [-0.2, 0) is 19.3 Å². The molecule has 0 spiro atoms. The number of hydrogen-bond donors (Lipinski definition) is 0. The van der Waals surface area contributed by atoms with Crippen LogP contribution in [0.25, 0.3) is 5.57 Å². The number of ketones is 1. The summed E-state index contributed by atoms with van der Waals surface area (Å²) in [7, 11) is 0. The molecule has 2 aliphatic rings. The quantitative estimate of drug-likeness (QED) is 0.268. The van der Waals surface area contributed by atoms with Gasteiger partial charge in [0.25, 0.3) is 0 Å². The number of piperidine rings is 1. The lowest BCUT2D eigenvalue weighted by Gasteiger charge is -2.36. The third kappa shape index (κ3) is 6.73. The number of benzene rings is 2. The van der Waals surface area contributed by atoms with Crippen molar-refractivity contribution >= 4 is 11.4 Å². The molecule has 1 fully saturated rings. The van der Waals surface area contributed by atoms with Gasteiger partial charge in [-0.1, -0.05) is 87.0 Å². The number of Topliss-reactive ketones (excluding diaryl/α,β-unsaturated/α-hetero) is 1. The third-order valence-electron chi connectivity index (χ3n) is 8.06. The molecule has 0 N–H and O–H groups in total. The molecular formula is C34H43NO. The molecule has 2 heteroatoms. The highest BCUT2D eigenvalue weighted by molar-refractivity contribution is 5.94. The van der Waals surface area contributed by atoms with Gasteiger partial charge in [-0.3, -0.25) is 4.79 Å². The fraction of sp³-hybridized carbons (Fsp3) is 0.441. The topological polar surface area (TPSA) is 20.3 Å². The first-order chi connectivity index (χ1) is 17.3. The van der Waals surface area contributed by atoms with E-state index in [2.05, 4.69) is 80.8 Å². The van der Waals surface area contributed by atoms with E-state index in [1.54, 1.807) is 12.5 Å². The zero-order valence-electron chi connectivity index (χ0n) is 22.8. The lowest BCUT2D eigenvalue weighted by Crippen LogP contribution is -2.39. The molecule has 2 nitrogen and oxygen atoms in total. The Labute approximate surface area is 218 Å². The van der Waals surface area contributed by atoms with Gasteiger partial charge in [-0.05, 0) is 97.7 Å². The highest BCUT2D eigenvalue weighted by Crippen LogP contribution is 2.33. The van der Waals surface area contributed by atoms with Crippen LogP contribution in [0.15, 0.2) is 72.8 Å². The molecule has 190 valence electrons. The van der Waals surface area contributed by atoms with Crippen LogP contribution in [0.5, 0.6) is 0 Å². The second-order valence-electron chi connectivity index (χ2n) is 11.6. The van der Waals surface area contributed by atoms with Gasteiger partial charge in [0.1, 0.15) is 0 Å². The monoisotopic (exact) mass is 481 g/mol. The number of carbonyl (C=O) groups is 1. The Balaban J connectivity index is 1.49. The highest BCUT2D eigenvalue weighted by atomic mass is 16.1. The average Bonchev–Trinajstić information content (AvgIpc) is 3.04. The molecular weight excluding hydrogens is 438 g/mol. The van der Waals surface area contributed by atoms with E-state index in [0.717, 1.165) is 37.3 Å². The van der Waals surface area contributed by atoms with Gasteiger partial charge in [0.05, 0.1) is 0 Å². The summed E-state index contributed by atoms with van der Waals surface area (Å²) >= 11 is 0. The maximum atomic E-state index is 11.7. The van der Waals surface area contributed by atoms with Gasteiger partial charge in [0.2, 0.25) is 0 Å². The smallest absolute Gasteiger partial charge is 0.159 e. The molecule has 0 aromatic heterocycles. The van der Waals surface area contributed by atoms with E-state index in [1.807, 2.05) is 12.1 Å². The maximum Gasteiger partial charge on any atom is 0.159 e. The van der Waals surface area contributed by atoms with Crippen LogP contribution in [0, 0.1) is 11.3 Å². The Morgan fingerprint density at radius 3 is 2.39 bits per heavy atom. The van der Waals surface area contributed by atoms with E-state index in [4.69, 9.17) is 0 Å². The van der Waals surface area contributed by atoms with Crippen molar-refractivity contribution in [2.24, 2.45) is 11.3 Å². The number of allylic oxidation sites excluding steroid dienone is 4. The molecule has 4 rings (SSSR count). The van der Waals surface area contributed by atoms with Crippen molar-refractivity contribution in [3.8, 4) is 0 Å². The van der Waals surface area contributed by atoms with Gasteiger partial charge in [0.15, 0.2) is 5.78 Å². The third-order valence-corrected chi connectivity index (χ3v) is 8.06. The number of aryl methyl sites for hydroxylation is 1. The summed E-state index contributed by atoms with van der Waals surface area (Å²) in [6.07, 6.45) is 13.7. The van der Waals surface area contributed by atoms with Crippen molar-refractivity contribution in [2.45, 2.75) is 66.2 Å². The lowest BCUT2D eigenvalue weighted by atomic mass is 9.85. The minimum absolute atomic E-state index is 0.121. The number of hydrogen-bond acceptors (Lipinski definition) is 2. The molecule has 0 atom stereocenters. The molecule has 0 unspecified atom stereocenters. The number of fused-ring (bicyclic) bond motifs is 1. The zero-order valence-corrected chi connectivity index (χ0v) is 22.8. The first kappa shape index (κ1) is 26.4. The van der Waals surface area contributed by atoms with E-state index in [0.29, 0.717) is 0 Å². The molecule has 0 bridgehead atoms. The summed E-state index contributed by atoms with van der Waals surface area (Å²) in [4.78, 5) is 14.3. The van der Waals surface area contributed by atoms with E-state index in [9.17, 15) is 4.79 Å². The van der Waals surface area contributed by atoms with E-state index < -0.39 is 0 Å². The van der Waals surface area contributed by atoms with E-state index >= 15 is 0 Å². The molecule has 1 saturated heterocycles. The summed E-state index contributed by atoms with van der Waals surface area (Å²) < 4.78 is 0. The largest absolute Gasteiger partial charge is 0.302 e. The van der Waals surface area contributed by atoms with Crippen LogP contribution in [0.1, 0.15) is 79.6 Å². The van der Waals surface area contributed by atoms with E-state index in [-0.39, 0.29) is 11.2 Å². The first-order valence-corrected chi connectivity index (χ1v) is 13.7. The second-order valence-corrected chi connectivity index (χ2v) is 11.6. The van der Waals surface area contributed by atoms with Crippen LogP contribution in [0.2, 0.25) is 0 Å². The lowest BCUT2D eigenvalue weighted by molar-refractivity contribution is 0.101. The maximum absolute atomic E-state index is 11.7. The fourth-order valence-electron chi connectivity index (χ4n) is 5.67. The minimum atomic E-state index is 0.121. The van der Waals surface area contributed by atoms with Crippen LogP contribution in [0.3, 0.4) is 0 Å². The molecule has 2 aromatic carbocycles. The van der Waals surface area contributed by atoms with Crippen molar-refractivity contribution < 1.29 is 4.79 Å². The molecule has 2 aromatic rings. The number of carbonyl (C=O) groups excluding carboxylic acids is 1. The standard InChI is InChI=1S/C34H43NO/c1-6-26-11-15-33-31(22-27-8-12-30(13-9-27)25(3)36)14-10-29(23-32(33)21-26)20-28-16-18-35(19-17-28)24-34(4,5)7-2/h7-15,21,28H,2,6,16-20,22-24H2,1,3-5H3. The number of likely N-dealkylation sites (tertiary alicyclic amines) is 1. The predicted molar refractivity (Wildman–Crippen MR) is 153 cm³/mol. The molecule has 0 amide bonds. The second kappa shape index (κ2) is 11.6. The average molecular weight is 482 g/mol. The van der Waals surface area contributed by atoms with Gasteiger partial charge >= 0.3 is 0 Å². The SMILES string of the molecule is C=CC(C)(C)CN1CCC(CC2=CC=C(Cc3ccc(C(C)=O)cc3)c3ccc(CC)cc3C2)CC1. The summed E-state index contributed by atoms with van der Waals surface area (Å²) in [5.41, 5.74) is 9.43. The zero-order chi connectivity index (χ0) is 25.7. The van der Waals surface area contributed by atoms with Crippen LogP contribution < -0.4 is 0 Å². The molecule has 1 aliphatic carbocycles. The Morgan fingerprint density at radius 2 is 1.75 bits per heavy atom. The van der Waals surface area contributed by atoms with Gasteiger partial charge < -0.3 is 4.90 Å². The number of nitrogens with zero attached hydrogens (tertiary/aromatic N) is 1. The molecule has 36 heavy (non-hydrogen) atoms. The molecule has 0 radical (unpaired) electrons. The van der Waals surface area contributed by atoms with Crippen molar-refractivity contribution in [1.29, 1.82) is 0 Å². The van der Waals surface area contributed by atoms with E-state index in [1.165, 1.54) is 60.2 Å². The van der Waals surface area contributed by atoms with Gasteiger partial charge in [-0.15, -0.1) is 6.58 Å². The fourth-order valence-corrected chi connectivity index (χ4v) is 5.67. The summed E-state index contributed by atoms with van der Waals surface area (Å²) in [5, 5.41) is 0. The van der Waals surface area contributed by atoms with Crippen LogP contribution in [-0.4, -0.2) is 30.3 Å². The van der Waals surface area contributed by atoms with Crippen molar-refractivity contribution in [1.82, 2.24) is 4.90 Å². The Bertz CT molecular complexity index is 1140. The Hall–Kier alpha value is -2.71. The van der Waals surface area contributed by atoms with Crippen LogP contribution >= 0.6 is 0 Å². The normalized spacial score (nSPS) is 17.1. The Kier molecular flexibility index (Phi) is 8.46. The highest BCUT2D eigenvalue weighted by Gasteiger charge is 2.25. The molecule has 0 saturated carbocycles. The number of rotatable bonds is 9. The Morgan fingerprint density at radius 1 is 1.06 bits per heavy atom. The van der Waals surface area contributed by atoms with Crippen molar-refractivity contribution in [2.75, 3.05) is 19.6 Å². The summed E-state index contributed by atoms with van der Waals surface area (Å²) in [5.74, 6) is 0.890. The predicted octanol–water partition coefficient (Wildman–Crippen LogP) is 7.87.